The number of hydrogen-bond donors (Lipinski definition) is 0. The van der Waals surface area contributed by atoms with Crippen molar-refractivity contribution in [1.82, 2.24) is 0 Å². The maximum absolute atomic E-state index is 2.52. The molecule has 0 N–H and O–H groups in total. The van der Waals surface area contributed by atoms with E-state index in [0.29, 0.717) is 5.41 Å². The summed E-state index contributed by atoms with van der Waals surface area (Å²) in [7, 11) is 0. The summed E-state index contributed by atoms with van der Waals surface area (Å²) in [6.45, 7) is 14.5. The molecule has 0 aromatic carbocycles. The third-order valence-corrected chi connectivity index (χ3v) is 5.36. The topological polar surface area (TPSA) is 0 Å². The predicted molar refractivity (Wildman–Crippen MR) is 73.5 cm³/mol. The van der Waals surface area contributed by atoms with Crippen molar-refractivity contribution in [3.05, 3.63) is 0 Å². The molecule has 3 atom stereocenters. The maximum atomic E-state index is 2.52. The van der Waals surface area contributed by atoms with Gasteiger partial charge in [-0.25, -0.2) is 0 Å². The number of rotatable bonds is 7. The van der Waals surface area contributed by atoms with Gasteiger partial charge in [0.25, 0.3) is 0 Å². The molecular formula is C16H32. The normalized spacial score (nSPS) is 31.1. The van der Waals surface area contributed by atoms with Crippen LogP contribution in [-0.2, 0) is 0 Å². The Balaban J connectivity index is 2.53. The lowest BCUT2D eigenvalue weighted by Gasteiger charge is -2.27. The van der Waals surface area contributed by atoms with Crippen LogP contribution in [0, 0.1) is 29.1 Å². The van der Waals surface area contributed by atoms with Crippen LogP contribution in [-0.4, -0.2) is 0 Å². The first-order valence-corrected chi connectivity index (χ1v) is 7.47. The monoisotopic (exact) mass is 224 g/mol. The molecule has 0 heteroatoms. The molecule has 1 aliphatic carbocycles. The van der Waals surface area contributed by atoms with Crippen LogP contribution in [0.4, 0.5) is 0 Å². The fourth-order valence-electron chi connectivity index (χ4n) is 3.61. The van der Waals surface area contributed by atoms with E-state index in [-0.39, 0.29) is 0 Å². The Labute approximate surface area is 103 Å². The minimum Gasteiger partial charge on any atom is -0.0654 e. The Morgan fingerprint density at radius 2 is 1.56 bits per heavy atom. The fraction of sp³-hybridized carbons (Fsp3) is 1.00. The average molecular weight is 224 g/mol. The van der Waals surface area contributed by atoms with Crippen molar-refractivity contribution < 1.29 is 0 Å². The van der Waals surface area contributed by atoms with E-state index >= 15 is 0 Å². The molecule has 0 bridgehead atoms. The second kappa shape index (κ2) is 5.56. The molecule has 96 valence electrons. The van der Waals surface area contributed by atoms with E-state index in [1.807, 2.05) is 0 Å². The Hall–Kier alpha value is 0. The number of hydrogen-bond acceptors (Lipinski definition) is 0. The largest absolute Gasteiger partial charge is 0.0654 e. The zero-order valence-electron chi connectivity index (χ0n) is 12.3. The summed E-state index contributed by atoms with van der Waals surface area (Å²) in [4.78, 5) is 0. The molecule has 0 spiro atoms. The molecule has 0 aromatic heterocycles. The molecular weight excluding hydrogens is 192 g/mol. The summed E-state index contributed by atoms with van der Waals surface area (Å²) in [5.41, 5.74) is 0.666. The van der Waals surface area contributed by atoms with Gasteiger partial charge in [0, 0.05) is 0 Å². The maximum Gasteiger partial charge on any atom is -0.0269 e. The van der Waals surface area contributed by atoms with Crippen LogP contribution in [0.5, 0.6) is 0 Å². The van der Waals surface area contributed by atoms with Gasteiger partial charge in [-0.05, 0) is 35.5 Å². The lowest BCUT2D eigenvalue weighted by atomic mass is 9.79. The smallest absolute Gasteiger partial charge is 0.0269 e. The molecule has 0 saturated heterocycles. The molecule has 0 aliphatic heterocycles. The molecule has 3 unspecified atom stereocenters. The van der Waals surface area contributed by atoms with Crippen LogP contribution in [0.1, 0.15) is 73.6 Å². The highest BCUT2D eigenvalue weighted by Gasteiger charge is 2.54. The summed E-state index contributed by atoms with van der Waals surface area (Å²) < 4.78 is 0. The summed E-state index contributed by atoms with van der Waals surface area (Å²) in [6, 6.07) is 0. The van der Waals surface area contributed by atoms with Gasteiger partial charge in [-0.2, -0.15) is 0 Å². The third-order valence-electron chi connectivity index (χ3n) is 5.36. The predicted octanol–water partition coefficient (Wildman–Crippen LogP) is 5.52. The minimum atomic E-state index is 0.666. The van der Waals surface area contributed by atoms with Crippen LogP contribution in [0.3, 0.4) is 0 Å². The zero-order chi connectivity index (χ0) is 12.3. The standard InChI is InChI=1S/C16H32/c1-7-9-14(10-8-2)13(5)15-11-16(15,6)12(3)4/h12-15H,7-11H2,1-6H3. The van der Waals surface area contributed by atoms with Gasteiger partial charge in [-0.15, -0.1) is 0 Å². The van der Waals surface area contributed by atoms with E-state index in [0.717, 1.165) is 23.7 Å². The molecule has 0 heterocycles. The Morgan fingerprint density at radius 1 is 1.06 bits per heavy atom. The van der Waals surface area contributed by atoms with E-state index in [2.05, 4.69) is 41.5 Å². The summed E-state index contributed by atoms with van der Waals surface area (Å²) in [6.07, 6.45) is 7.09. The molecule has 0 aromatic rings. The average Bonchev–Trinajstić information content (AvgIpc) is 2.91. The van der Waals surface area contributed by atoms with E-state index in [4.69, 9.17) is 0 Å². The van der Waals surface area contributed by atoms with Crippen LogP contribution in [0.25, 0.3) is 0 Å². The van der Waals surface area contributed by atoms with Gasteiger partial charge < -0.3 is 0 Å². The van der Waals surface area contributed by atoms with E-state index in [1.54, 1.807) is 0 Å². The van der Waals surface area contributed by atoms with Crippen molar-refractivity contribution in [3.63, 3.8) is 0 Å². The lowest BCUT2D eigenvalue weighted by molar-refractivity contribution is 0.227. The lowest BCUT2D eigenvalue weighted by Crippen LogP contribution is -2.19. The molecule has 1 saturated carbocycles. The van der Waals surface area contributed by atoms with Gasteiger partial charge in [0.15, 0.2) is 0 Å². The van der Waals surface area contributed by atoms with Gasteiger partial charge in [0.05, 0.1) is 0 Å². The van der Waals surface area contributed by atoms with Crippen LogP contribution in [0.15, 0.2) is 0 Å². The second-order valence-electron chi connectivity index (χ2n) is 6.67. The van der Waals surface area contributed by atoms with Crippen molar-refractivity contribution in [2.24, 2.45) is 29.1 Å². The first kappa shape index (κ1) is 14.1. The van der Waals surface area contributed by atoms with Crippen LogP contribution in [0.2, 0.25) is 0 Å². The van der Waals surface area contributed by atoms with Gasteiger partial charge in [-0.1, -0.05) is 67.2 Å². The Kier molecular flexibility index (Phi) is 4.88. The van der Waals surface area contributed by atoms with Gasteiger partial charge in [0.2, 0.25) is 0 Å². The second-order valence-corrected chi connectivity index (χ2v) is 6.67. The Bertz CT molecular complexity index is 198. The highest BCUT2D eigenvalue weighted by atomic mass is 14.6. The van der Waals surface area contributed by atoms with Crippen molar-refractivity contribution in [2.75, 3.05) is 0 Å². The quantitative estimate of drug-likeness (QED) is 0.534. The SMILES string of the molecule is CCCC(CCC)C(C)C1CC1(C)C(C)C. The fourth-order valence-corrected chi connectivity index (χ4v) is 3.61. The van der Waals surface area contributed by atoms with E-state index in [9.17, 15) is 0 Å². The third kappa shape index (κ3) is 2.81. The molecule has 0 amide bonds. The molecule has 1 aliphatic rings. The summed E-state index contributed by atoms with van der Waals surface area (Å²) in [5.74, 6) is 3.81. The highest BCUT2D eigenvalue weighted by Crippen LogP contribution is 2.62. The van der Waals surface area contributed by atoms with E-state index < -0.39 is 0 Å². The van der Waals surface area contributed by atoms with Crippen LogP contribution >= 0.6 is 0 Å². The van der Waals surface area contributed by atoms with Gasteiger partial charge in [0.1, 0.15) is 0 Å². The van der Waals surface area contributed by atoms with Crippen molar-refractivity contribution in [3.8, 4) is 0 Å². The van der Waals surface area contributed by atoms with Gasteiger partial charge in [-0.3, -0.25) is 0 Å². The van der Waals surface area contributed by atoms with Crippen molar-refractivity contribution >= 4 is 0 Å². The first-order valence-electron chi connectivity index (χ1n) is 7.47. The molecule has 1 fully saturated rings. The Morgan fingerprint density at radius 3 is 1.88 bits per heavy atom. The summed E-state index contributed by atoms with van der Waals surface area (Å²) in [5, 5.41) is 0. The first-order chi connectivity index (χ1) is 7.47. The van der Waals surface area contributed by atoms with Crippen molar-refractivity contribution in [1.29, 1.82) is 0 Å². The highest BCUT2D eigenvalue weighted by molar-refractivity contribution is 5.03. The molecule has 0 radical (unpaired) electrons. The van der Waals surface area contributed by atoms with E-state index in [1.165, 1.54) is 32.1 Å². The van der Waals surface area contributed by atoms with Crippen molar-refractivity contribution in [2.45, 2.75) is 73.6 Å². The summed E-state index contributed by atoms with van der Waals surface area (Å²) >= 11 is 0. The minimum absolute atomic E-state index is 0.666. The van der Waals surface area contributed by atoms with Gasteiger partial charge >= 0.3 is 0 Å². The zero-order valence-corrected chi connectivity index (χ0v) is 12.3. The van der Waals surface area contributed by atoms with Crippen LogP contribution < -0.4 is 0 Å². The molecule has 16 heavy (non-hydrogen) atoms. The molecule has 1 rings (SSSR count). The molecule has 0 nitrogen and oxygen atoms in total.